The van der Waals surface area contributed by atoms with Crippen LogP contribution in [0.25, 0.3) is 0 Å². The summed E-state index contributed by atoms with van der Waals surface area (Å²) in [6, 6.07) is 1.83. The molecule has 2 rings (SSSR count). The molecule has 5 heteroatoms. The average molecular weight is 194 g/mol. The lowest BCUT2D eigenvalue weighted by molar-refractivity contribution is -0.880. The van der Waals surface area contributed by atoms with Crippen molar-refractivity contribution >= 4 is 11.6 Å². The summed E-state index contributed by atoms with van der Waals surface area (Å²) in [5.41, 5.74) is 5.61. The van der Waals surface area contributed by atoms with Crippen LogP contribution in [-0.2, 0) is 0 Å². The highest BCUT2D eigenvalue weighted by molar-refractivity contribution is 5.45. The maximum atomic E-state index is 5.61. The first-order valence-electron chi connectivity index (χ1n) is 4.89. The first kappa shape index (κ1) is 9.21. The van der Waals surface area contributed by atoms with Crippen LogP contribution in [-0.4, -0.2) is 43.2 Å². The van der Waals surface area contributed by atoms with E-state index in [4.69, 9.17) is 5.73 Å². The second kappa shape index (κ2) is 3.79. The topological polar surface area (TPSA) is 59.5 Å². The quantitative estimate of drug-likeness (QED) is 0.565. The molecule has 3 N–H and O–H groups in total. The van der Waals surface area contributed by atoms with E-state index >= 15 is 0 Å². The Kier molecular flexibility index (Phi) is 2.49. The third-order valence-corrected chi connectivity index (χ3v) is 2.61. The van der Waals surface area contributed by atoms with Crippen molar-refractivity contribution < 1.29 is 4.90 Å². The minimum absolute atomic E-state index is 0.543. The molecule has 1 aliphatic rings. The van der Waals surface area contributed by atoms with Gasteiger partial charge in [-0.05, 0) is 0 Å². The predicted octanol–water partition coefficient (Wildman–Crippen LogP) is -1.61. The maximum Gasteiger partial charge on any atom is 0.134 e. The van der Waals surface area contributed by atoms with E-state index in [1.165, 1.54) is 6.33 Å². The summed E-state index contributed by atoms with van der Waals surface area (Å²) >= 11 is 0. The summed E-state index contributed by atoms with van der Waals surface area (Å²) in [6.07, 6.45) is 1.52. The lowest BCUT2D eigenvalue weighted by Gasteiger charge is -2.30. The normalized spacial score (nSPS) is 18.5. The number of quaternary nitrogens is 1. The second-order valence-electron chi connectivity index (χ2n) is 3.75. The van der Waals surface area contributed by atoms with E-state index < -0.39 is 0 Å². The van der Waals surface area contributed by atoms with Gasteiger partial charge < -0.3 is 15.5 Å². The number of anilines is 2. The molecule has 0 radical (unpaired) electrons. The van der Waals surface area contributed by atoms with Crippen molar-refractivity contribution in [1.82, 2.24) is 9.97 Å². The number of aromatic nitrogens is 2. The highest BCUT2D eigenvalue weighted by Gasteiger charge is 2.17. The Labute approximate surface area is 83.5 Å². The highest BCUT2D eigenvalue weighted by Crippen LogP contribution is 2.11. The van der Waals surface area contributed by atoms with Gasteiger partial charge in [0.2, 0.25) is 0 Å². The molecule has 5 nitrogen and oxygen atoms in total. The number of nitrogen functional groups attached to an aromatic ring is 1. The summed E-state index contributed by atoms with van der Waals surface area (Å²) in [6.45, 7) is 4.40. The zero-order chi connectivity index (χ0) is 9.97. The third-order valence-electron chi connectivity index (χ3n) is 2.61. The van der Waals surface area contributed by atoms with Crippen LogP contribution in [0.4, 0.5) is 11.6 Å². The summed E-state index contributed by atoms with van der Waals surface area (Å²) in [5.74, 6) is 1.49. The van der Waals surface area contributed by atoms with E-state index in [9.17, 15) is 0 Å². The number of piperazine rings is 1. The predicted molar refractivity (Wildman–Crippen MR) is 55.3 cm³/mol. The summed E-state index contributed by atoms with van der Waals surface area (Å²) < 4.78 is 0. The number of rotatable bonds is 1. The molecule has 0 amide bonds. The fourth-order valence-corrected chi connectivity index (χ4v) is 1.65. The average Bonchev–Trinajstić information content (AvgIpc) is 2.19. The molecule has 76 valence electrons. The lowest BCUT2D eigenvalue weighted by atomic mass is 10.3. The zero-order valence-corrected chi connectivity index (χ0v) is 8.40. The Balaban J connectivity index is 2.08. The van der Waals surface area contributed by atoms with Crippen LogP contribution in [0.2, 0.25) is 0 Å². The van der Waals surface area contributed by atoms with Crippen molar-refractivity contribution in [3.63, 3.8) is 0 Å². The highest BCUT2D eigenvalue weighted by atomic mass is 15.3. The monoisotopic (exact) mass is 194 g/mol. The van der Waals surface area contributed by atoms with Gasteiger partial charge in [-0.3, -0.25) is 0 Å². The lowest BCUT2D eigenvalue weighted by Crippen LogP contribution is -3.12. The first-order chi connectivity index (χ1) is 6.75. The molecule has 0 aromatic carbocycles. The SMILES string of the molecule is C[NH+]1CCN(c2cc(N)ncn2)CC1. The van der Waals surface area contributed by atoms with E-state index in [2.05, 4.69) is 21.9 Å². The molecule has 0 atom stereocenters. The molecule has 0 spiro atoms. The third kappa shape index (κ3) is 1.93. The maximum absolute atomic E-state index is 5.61. The summed E-state index contributed by atoms with van der Waals surface area (Å²) in [5, 5.41) is 0. The van der Waals surface area contributed by atoms with Crippen LogP contribution < -0.4 is 15.5 Å². The van der Waals surface area contributed by atoms with E-state index in [0.717, 1.165) is 32.0 Å². The molecule has 1 saturated heterocycles. The van der Waals surface area contributed by atoms with Gasteiger partial charge in [0.05, 0.1) is 33.2 Å². The van der Waals surface area contributed by atoms with E-state index in [0.29, 0.717) is 5.82 Å². The zero-order valence-electron chi connectivity index (χ0n) is 8.40. The summed E-state index contributed by atoms with van der Waals surface area (Å²) in [4.78, 5) is 11.9. The van der Waals surface area contributed by atoms with Gasteiger partial charge in [0.1, 0.15) is 18.0 Å². The molecule has 14 heavy (non-hydrogen) atoms. The van der Waals surface area contributed by atoms with Gasteiger partial charge in [0.25, 0.3) is 0 Å². The molecular weight excluding hydrogens is 178 g/mol. The molecule has 0 aliphatic carbocycles. The van der Waals surface area contributed by atoms with Crippen LogP contribution in [0.1, 0.15) is 0 Å². The molecule has 1 aromatic heterocycles. The number of nitrogens with one attached hydrogen (secondary N) is 1. The summed E-state index contributed by atoms with van der Waals surface area (Å²) in [7, 11) is 2.21. The van der Waals surface area contributed by atoms with Crippen LogP contribution in [0.3, 0.4) is 0 Å². The molecule has 1 aliphatic heterocycles. The van der Waals surface area contributed by atoms with E-state index in [1.807, 2.05) is 6.07 Å². The van der Waals surface area contributed by atoms with Gasteiger partial charge in [-0.2, -0.15) is 0 Å². The number of nitrogens with two attached hydrogens (primary N) is 1. The largest absolute Gasteiger partial charge is 0.384 e. The Bertz CT molecular complexity index is 306. The van der Waals surface area contributed by atoms with Gasteiger partial charge in [-0.15, -0.1) is 0 Å². The number of likely N-dealkylation sites (N-methyl/N-ethyl adjacent to an activating group) is 1. The van der Waals surface area contributed by atoms with Gasteiger partial charge in [0.15, 0.2) is 0 Å². The number of nitrogens with zero attached hydrogens (tertiary/aromatic N) is 3. The minimum Gasteiger partial charge on any atom is -0.384 e. The fraction of sp³-hybridized carbons (Fsp3) is 0.556. The standard InChI is InChI=1S/C9H15N5/c1-13-2-4-14(5-3-13)9-6-8(10)11-7-12-9/h6-7H,2-5H2,1H3,(H2,10,11,12)/p+1. The van der Waals surface area contributed by atoms with Crippen molar-refractivity contribution in [3.05, 3.63) is 12.4 Å². The van der Waals surface area contributed by atoms with Gasteiger partial charge >= 0.3 is 0 Å². The van der Waals surface area contributed by atoms with Gasteiger partial charge in [0, 0.05) is 6.07 Å². The smallest absolute Gasteiger partial charge is 0.134 e. The molecular formula is C9H16N5+. The van der Waals surface area contributed by atoms with Crippen molar-refractivity contribution in [2.45, 2.75) is 0 Å². The minimum atomic E-state index is 0.543. The number of hydrogen-bond acceptors (Lipinski definition) is 4. The van der Waals surface area contributed by atoms with Crippen LogP contribution in [0.15, 0.2) is 12.4 Å². The molecule has 1 aromatic rings. The van der Waals surface area contributed by atoms with Crippen molar-refractivity contribution in [1.29, 1.82) is 0 Å². The van der Waals surface area contributed by atoms with Crippen LogP contribution >= 0.6 is 0 Å². The Morgan fingerprint density at radius 2 is 2.07 bits per heavy atom. The van der Waals surface area contributed by atoms with Gasteiger partial charge in [-0.25, -0.2) is 9.97 Å². The number of hydrogen-bond donors (Lipinski definition) is 2. The molecule has 0 unspecified atom stereocenters. The van der Waals surface area contributed by atoms with E-state index in [-0.39, 0.29) is 0 Å². The Morgan fingerprint density at radius 1 is 1.36 bits per heavy atom. The molecule has 0 saturated carbocycles. The Morgan fingerprint density at radius 3 is 2.71 bits per heavy atom. The van der Waals surface area contributed by atoms with Crippen LogP contribution in [0, 0.1) is 0 Å². The van der Waals surface area contributed by atoms with E-state index in [1.54, 1.807) is 4.90 Å². The van der Waals surface area contributed by atoms with Crippen molar-refractivity contribution in [2.75, 3.05) is 43.9 Å². The van der Waals surface area contributed by atoms with Crippen molar-refractivity contribution in [2.24, 2.45) is 0 Å². The molecule has 1 fully saturated rings. The van der Waals surface area contributed by atoms with Crippen molar-refractivity contribution in [3.8, 4) is 0 Å². The molecule has 0 bridgehead atoms. The van der Waals surface area contributed by atoms with Gasteiger partial charge in [-0.1, -0.05) is 0 Å². The fourth-order valence-electron chi connectivity index (χ4n) is 1.65. The first-order valence-corrected chi connectivity index (χ1v) is 4.89. The second-order valence-corrected chi connectivity index (χ2v) is 3.75. The van der Waals surface area contributed by atoms with Crippen LogP contribution in [0.5, 0.6) is 0 Å². The Hall–Kier alpha value is -1.36. The molecule has 2 heterocycles.